The smallest absolute Gasteiger partial charge is 0.105 e. The van der Waals surface area contributed by atoms with Crippen molar-refractivity contribution in [2.24, 2.45) is 0 Å². The molecule has 15 heavy (non-hydrogen) atoms. The van der Waals surface area contributed by atoms with E-state index in [4.69, 9.17) is 0 Å². The molecule has 2 saturated carbocycles. The molecule has 2 aliphatic rings. The molecule has 2 fully saturated rings. The van der Waals surface area contributed by atoms with Crippen molar-refractivity contribution in [2.75, 3.05) is 13.6 Å². The summed E-state index contributed by atoms with van der Waals surface area (Å²) in [7, 11) is 2.17. The summed E-state index contributed by atoms with van der Waals surface area (Å²) >= 11 is 0. The van der Waals surface area contributed by atoms with Gasteiger partial charge < -0.3 is 4.90 Å². The number of nitrogens with zero attached hydrogens (tertiary/aromatic N) is 2. The Labute approximate surface area is 92.4 Å². The van der Waals surface area contributed by atoms with Gasteiger partial charge in [0, 0.05) is 18.6 Å². The zero-order valence-electron chi connectivity index (χ0n) is 9.79. The van der Waals surface area contributed by atoms with E-state index < -0.39 is 0 Å². The normalized spacial score (nSPS) is 24.9. The van der Waals surface area contributed by atoms with Gasteiger partial charge in [-0.05, 0) is 46.1 Å². The minimum atomic E-state index is -0.315. The molecule has 3 heteroatoms. The van der Waals surface area contributed by atoms with Crippen LogP contribution in [0.2, 0.25) is 0 Å². The first-order valence-electron chi connectivity index (χ1n) is 6.02. The van der Waals surface area contributed by atoms with Crippen LogP contribution in [0.3, 0.4) is 0 Å². The van der Waals surface area contributed by atoms with Gasteiger partial charge in [0.25, 0.3) is 0 Å². The summed E-state index contributed by atoms with van der Waals surface area (Å²) in [5.74, 6) is 0. The summed E-state index contributed by atoms with van der Waals surface area (Å²) in [5.41, 5.74) is -0.315. The van der Waals surface area contributed by atoms with Crippen LogP contribution in [-0.2, 0) is 0 Å². The fourth-order valence-electron chi connectivity index (χ4n) is 1.94. The van der Waals surface area contributed by atoms with Crippen LogP contribution in [-0.4, -0.2) is 36.1 Å². The molecule has 84 valence electrons. The van der Waals surface area contributed by atoms with E-state index in [1.54, 1.807) is 0 Å². The molecule has 0 aliphatic heterocycles. The van der Waals surface area contributed by atoms with E-state index in [-0.39, 0.29) is 5.54 Å². The number of nitrogens with one attached hydrogen (secondary N) is 1. The summed E-state index contributed by atoms with van der Waals surface area (Å²) in [5, 5.41) is 12.6. The lowest BCUT2D eigenvalue weighted by Crippen LogP contribution is -2.44. The van der Waals surface area contributed by atoms with Crippen molar-refractivity contribution in [3.05, 3.63) is 0 Å². The van der Waals surface area contributed by atoms with Gasteiger partial charge in [0.1, 0.15) is 5.54 Å². The Bertz CT molecular complexity index is 263. The molecule has 0 amide bonds. The Morgan fingerprint density at radius 2 is 2.07 bits per heavy atom. The zero-order valence-corrected chi connectivity index (χ0v) is 9.79. The number of hydrogen-bond acceptors (Lipinski definition) is 3. The van der Waals surface area contributed by atoms with Crippen molar-refractivity contribution in [3.8, 4) is 6.07 Å². The highest BCUT2D eigenvalue weighted by Gasteiger charge is 2.33. The van der Waals surface area contributed by atoms with Crippen molar-refractivity contribution in [1.82, 2.24) is 10.2 Å². The van der Waals surface area contributed by atoms with Crippen molar-refractivity contribution in [1.29, 1.82) is 5.26 Å². The van der Waals surface area contributed by atoms with E-state index in [2.05, 4.69) is 23.3 Å². The Morgan fingerprint density at radius 1 is 1.40 bits per heavy atom. The highest BCUT2D eigenvalue weighted by atomic mass is 15.2. The van der Waals surface area contributed by atoms with Crippen molar-refractivity contribution in [3.63, 3.8) is 0 Å². The second-order valence-corrected chi connectivity index (χ2v) is 5.32. The van der Waals surface area contributed by atoms with E-state index in [1.807, 2.05) is 6.92 Å². The fourth-order valence-corrected chi connectivity index (χ4v) is 1.94. The summed E-state index contributed by atoms with van der Waals surface area (Å²) in [6.07, 6.45) is 6.12. The second-order valence-electron chi connectivity index (χ2n) is 5.32. The summed E-state index contributed by atoms with van der Waals surface area (Å²) in [6, 6.07) is 3.84. The van der Waals surface area contributed by atoms with Crippen molar-refractivity contribution < 1.29 is 0 Å². The molecule has 2 aliphatic carbocycles. The lowest BCUT2D eigenvalue weighted by atomic mass is 9.99. The first-order chi connectivity index (χ1) is 7.13. The highest BCUT2D eigenvalue weighted by Crippen LogP contribution is 2.27. The van der Waals surface area contributed by atoms with Crippen molar-refractivity contribution >= 4 is 0 Å². The van der Waals surface area contributed by atoms with Crippen LogP contribution in [0.5, 0.6) is 0 Å². The molecule has 0 heterocycles. The molecule has 0 spiro atoms. The van der Waals surface area contributed by atoms with Crippen LogP contribution < -0.4 is 5.32 Å². The molecular weight excluding hydrogens is 186 g/mol. The molecule has 0 aromatic rings. The first kappa shape index (κ1) is 10.9. The van der Waals surface area contributed by atoms with Gasteiger partial charge in [-0.2, -0.15) is 5.26 Å². The van der Waals surface area contributed by atoms with Crippen molar-refractivity contribution in [2.45, 2.75) is 56.7 Å². The summed E-state index contributed by atoms with van der Waals surface area (Å²) in [4.78, 5) is 2.39. The van der Waals surface area contributed by atoms with Gasteiger partial charge in [0.2, 0.25) is 0 Å². The van der Waals surface area contributed by atoms with E-state index in [0.29, 0.717) is 6.04 Å². The van der Waals surface area contributed by atoms with E-state index in [1.165, 1.54) is 25.7 Å². The minimum absolute atomic E-state index is 0.315. The predicted molar refractivity (Wildman–Crippen MR) is 60.4 cm³/mol. The average Bonchev–Trinajstić information content (AvgIpc) is 3.05. The van der Waals surface area contributed by atoms with Crippen LogP contribution >= 0.6 is 0 Å². The lowest BCUT2D eigenvalue weighted by molar-refractivity contribution is 0.279. The topological polar surface area (TPSA) is 39.1 Å². The number of nitriles is 1. The average molecular weight is 207 g/mol. The fraction of sp³-hybridized carbons (Fsp3) is 0.917. The highest BCUT2D eigenvalue weighted by molar-refractivity contribution is 5.07. The second kappa shape index (κ2) is 4.11. The SMILES string of the molecule is CN(CCC(C)(C#N)NC1CC1)C1CC1. The molecular formula is C12H21N3. The Hall–Kier alpha value is -0.590. The van der Waals surface area contributed by atoms with Gasteiger partial charge in [-0.1, -0.05) is 0 Å². The quantitative estimate of drug-likeness (QED) is 0.717. The maximum atomic E-state index is 9.20. The summed E-state index contributed by atoms with van der Waals surface area (Å²) in [6.45, 7) is 3.07. The van der Waals surface area contributed by atoms with Gasteiger partial charge in [-0.15, -0.1) is 0 Å². The third kappa shape index (κ3) is 3.19. The van der Waals surface area contributed by atoms with Crippen LogP contribution in [0.4, 0.5) is 0 Å². The lowest BCUT2D eigenvalue weighted by Gasteiger charge is -2.26. The molecule has 0 aromatic heterocycles. The molecule has 1 unspecified atom stereocenters. The Morgan fingerprint density at radius 3 is 2.53 bits per heavy atom. The van der Waals surface area contributed by atoms with Gasteiger partial charge >= 0.3 is 0 Å². The third-order valence-corrected chi connectivity index (χ3v) is 3.48. The molecule has 3 nitrogen and oxygen atoms in total. The Kier molecular flexibility index (Phi) is 2.99. The maximum Gasteiger partial charge on any atom is 0.105 e. The molecule has 2 rings (SSSR count). The van der Waals surface area contributed by atoms with E-state index in [0.717, 1.165) is 19.0 Å². The Balaban J connectivity index is 1.75. The van der Waals surface area contributed by atoms with Crippen LogP contribution in [0, 0.1) is 11.3 Å². The largest absolute Gasteiger partial charge is 0.303 e. The minimum Gasteiger partial charge on any atom is -0.303 e. The van der Waals surface area contributed by atoms with Gasteiger partial charge in [-0.25, -0.2) is 0 Å². The molecule has 0 radical (unpaired) electrons. The zero-order chi connectivity index (χ0) is 10.9. The molecule has 1 N–H and O–H groups in total. The van der Waals surface area contributed by atoms with Crippen LogP contribution in [0.15, 0.2) is 0 Å². The summed E-state index contributed by atoms with van der Waals surface area (Å²) < 4.78 is 0. The first-order valence-corrected chi connectivity index (χ1v) is 6.02. The number of hydrogen-bond donors (Lipinski definition) is 1. The standard InChI is InChI=1S/C12H21N3/c1-12(9-13,14-10-3-4-10)7-8-15(2)11-5-6-11/h10-11,14H,3-8H2,1-2H3. The molecule has 0 bridgehead atoms. The van der Waals surface area contributed by atoms with E-state index >= 15 is 0 Å². The number of rotatable bonds is 6. The van der Waals surface area contributed by atoms with Crippen LogP contribution in [0.25, 0.3) is 0 Å². The van der Waals surface area contributed by atoms with E-state index in [9.17, 15) is 5.26 Å². The molecule has 1 atom stereocenters. The van der Waals surface area contributed by atoms with Gasteiger partial charge in [-0.3, -0.25) is 5.32 Å². The van der Waals surface area contributed by atoms with Gasteiger partial charge in [0.05, 0.1) is 6.07 Å². The third-order valence-electron chi connectivity index (χ3n) is 3.48. The molecule has 0 aromatic carbocycles. The molecule has 0 saturated heterocycles. The maximum absolute atomic E-state index is 9.20. The predicted octanol–water partition coefficient (Wildman–Crippen LogP) is 1.50. The monoisotopic (exact) mass is 207 g/mol. The van der Waals surface area contributed by atoms with Crippen LogP contribution in [0.1, 0.15) is 39.0 Å². The van der Waals surface area contributed by atoms with Gasteiger partial charge in [0.15, 0.2) is 0 Å².